The van der Waals surface area contributed by atoms with E-state index in [-0.39, 0.29) is 5.91 Å². The van der Waals surface area contributed by atoms with Crippen molar-refractivity contribution in [1.82, 2.24) is 14.8 Å². The second kappa shape index (κ2) is 8.40. The summed E-state index contributed by atoms with van der Waals surface area (Å²) in [7, 11) is 0. The third-order valence-corrected chi connectivity index (χ3v) is 5.51. The largest absolute Gasteiger partial charge is 0.337 e. The Balaban J connectivity index is 1.46. The van der Waals surface area contributed by atoms with E-state index < -0.39 is 0 Å². The first-order chi connectivity index (χ1) is 11.7. The Labute approximate surface area is 148 Å². The molecule has 0 spiro atoms. The topological polar surface area (TPSA) is 36.4 Å². The lowest BCUT2D eigenvalue weighted by molar-refractivity contribution is 0.0765. The first kappa shape index (κ1) is 17.1. The van der Waals surface area contributed by atoms with E-state index in [0.717, 1.165) is 56.1 Å². The smallest absolute Gasteiger partial charge is 0.265 e. The molecule has 1 aromatic heterocycles. The van der Waals surface area contributed by atoms with Crippen LogP contribution in [0.15, 0.2) is 35.8 Å². The van der Waals surface area contributed by atoms with E-state index in [9.17, 15) is 4.79 Å². The molecule has 3 rings (SSSR count). The fourth-order valence-electron chi connectivity index (χ4n) is 3.20. The molecule has 1 aromatic carbocycles. The van der Waals surface area contributed by atoms with Crippen LogP contribution in [0.3, 0.4) is 0 Å². The first-order valence-corrected chi connectivity index (χ1v) is 9.57. The normalized spacial score (nSPS) is 16.1. The Kier molecular flexibility index (Phi) is 5.99. The van der Waals surface area contributed by atoms with E-state index in [0.29, 0.717) is 0 Å². The van der Waals surface area contributed by atoms with Crippen LogP contribution < -0.4 is 0 Å². The van der Waals surface area contributed by atoms with Gasteiger partial charge >= 0.3 is 0 Å². The fraction of sp³-hybridized carbons (Fsp3) is 0.474. The van der Waals surface area contributed by atoms with Crippen molar-refractivity contribution >= 4 is 17.2 Å². The van der Waals surface area contributed by atoms with Crippen LogP contribution in [0.25, 0.3) is 0 Å². The Morgan fingerprint density at radius 2 is 2.00 bits per heavy atom. The SMILES string of the molecule is Cc1ncsc1C(=O)N1CCCN(CCCc2ccccc2)CC1. The molecule has 1 saturated heterocycles. The molecule has 1 amide bonds. The average molecular weight is 343 g/mol. The molecule has 5 heteroatoms. The second-order valence-corrected chi connectivity index (χ2v) is 7.20. The van der Waals surface area contributed by atoms with E-state index in [1.165, 1.54) is 23.3 Å². The number of carbonyl (C=O) groups excluding carboxylic acids is 1. The lowest BCUT2D eigenvalue weighted by Crippen LogP contribution is -2.35. The van der Waals surface area contributed by atoms with Crippen LogP contribution in [0.5, 0.6) is 0 Å². The van der Waals surface area contributed by atoms with Crippen LogP contribution in [-0.4, -0.2) is 53.4 Å². The second-order valence-electron chi connectivity index (χ2n) is 6.34. The van der Waals surface area contributed by atoms with Gasteiger partial charge in [0.05, 0.1) is 11.2 Å². The molecule has 1 fully saturated rings. The van der Waals surface area contributed by atoms with Gasteiger partial charge in [0.15, 0.2) is 0 Å². The van der Waals surface area contributed by atoms with Gasteiger partial charge in [-0.1, -0.05) is 30.3 Å². The number of carbonyl (C=O) groups is 1. The van der Waals surface area contributed by atoms with Crippen molar-refractivity contribution in [3.8, 4) is 0 Å². The van der Waals surface area contributed by atoms with Crippen LogP contribution in [0.1, 0.15) is 33.8 Å². The zero-order chi connectivity index (χ0) is 16.8. The summed E-state index contributed by atoms with van der Waals surface area (Å²) < 4.78 is 0. The van der Waals surface area contributed by atoms with Crippen molar-refractivity contribution in [1.29, 1.82) is 0 Å². The van der Waals surface area contributed by atoms with Crippen LogP contribution in [-0.2, 0) is 6.42 Å². The highest BCUT2D eigenvalue weighted by molar-refractivity contribution is 7.11. The van der Waals surface area contributed by atoms with Crippen LogP contribution in [0.2, 0.25) is 0 Å². The van der Waals surface area contributed by atoms with Crippen molar-refractivity contribution in [2.45, 2.75) is 26.2 Å². The monoisotopic (exact) mass is 343 g/mol. The summed E-state index contributed by atoms with van der Waals surface area (Å²) in [6.45, 7) is 6.75. The number of amides is 1. The van der Waals surface area contributed by atoms with Gasteiger partial charge in [0.25, 0.3) is 5.91 Å². The summed E-state index contributed by atoms with van der Waals surface area (Å²) in [5, 5.41) is 0. The number of aromatic nitrogens is 1. The molecule has 2 aromatic rings. The Bertz CT molecular complexity index is 656. The standard InChI is InChI=1S/C19H25N3OS/c1-16-18(24-15-20-16)19(23)22-12-6-11-21(13-14-22)10-5-9-17-7-3-2-4-8-17/h2-4,7-8,15H,5-6,9-14H2,1H3. The maximum atomic E-state index is 12.6. The molecule has 2 heterocycles. The van der Waals surface area contributed by atoms with Crippen LogP contribution >= 0.6 is 11.3 Å². The third kappa shape index (κ3) is 4.42. The maximum absolute atomic E-state index is 12.6. The summed E-state index contributed by atoms with van der Waals surface area (Å²) in [5.74, 6) is 0.154. The molecule has 0 saturated carbocycles. The van der Waals surface area contributed by atoms with E-state index in [1.54, 1.807) is 5.51 Å². The molecule has 0 N–H and O–H groups in total. The summed E-state index contributed by atoms with van der Waals surface area (Å²) in [6, 6.07) is 10.7. The van der Waals surface area contributed by atoms with Gasteiger partial charge in [-0.15, -0.1) is 11.3 Å². The van der Waals surface area contributed by atoms with Gasteiger partial charge in [-0.25, -0.2) is 4.98 Å². The van der Waals surface area contributed by atoms with Crippen molar-refractivity contribution < 1.29 is 4.79 Å². The van der Waals surface area contributed by atoms with Crippen molar-refractivity contribution in [2.75, 3.05) is 32.7 Å². The average Bonchev–Trinajstić information content (AvgIpc) is 2.89. The number of aryl methyl sites for hydroxylation is 2. The maximum Gasteiger partial charge on any atom is 0.265 e. The lowest BCUT2D eigenvalue weighted by Gasteiger charge is -2.21. The van der Waals surface area contributed by atoms with E-state index >= 15 is 0 Å². The molecule has 0 aliphatic carbocycles. The highest BCUT2D eigenvalue weighted by atomic mass is 32.1. The number of hydrogen-bond donors (Lipinski definition) is 0. The molecule has 4 nitrogen and oxygen atoms in total. The Morgan fingerprint density at radius 3 is 2.75 bits per heavy atom. The lowest BCUT2D eigenvalue weighted by atomic mass is 10.1. The molecule has 0 radical (unpaired) electrons. The third-order valence-electron chi connectivity index (χ3n) is 4.60. The van der Waals surface area contributed by atoms with Crippen molar-refractivity contribution in [2.24, 2.45) is 0 Å². The molecule has 128 valence electrons. The summed E-state index contributed by atoms with van der Waals surface area (Å²) in [6.07, 6.45) is 3.35. The molecule has 24 heavy (non-hydrogen) atoms. The predicted octanol–water partition coefficient (Wildman–Crippen LogP) is 3.23. The number of thiazole rings is 1. The van der Waals surface area contributed by atoms with E-state index in [4.69, 9.17) is 0 Å². The number of rotatable bonds is 5. The molecular weight excluding hydrogens is 318 g/mol. The van der Waals surface area contributed by atoms with Gasteiger partial charge in [0, 0.05) is 19.6 Å². The number of benzene rings is 1. The Hall–Kier alpha value is -1.72. The van der Waals surface area contributed by atoms with Gasteiger partial charge < -0.3 is 9.80 Å². The molecule has 1 aliphatic heterocycles. The minimum Gasteiger partial charge on any atom is -0.337 e. The summed E-state index contributed by atoms with van der Waals surface area (Å²) >= 11 is 1.45. The summed E-state index contributed by atoms with van der Waals surface area (Å²) in [4.78, 5) is 22.1. The highest BCUT2D eigenvalue weighted by Gasteiger charge is 2.22. The first-order valence-electron chi connectivity index (χ1n) is 8.69. The molecule has 0 unspecified atom stereocenters. The molecule has 0 atom stereocenters. The van der Waals surface area contributed by atoms with Gasteiger partial charge in [-0.2, -0.15) is 0 Å². The van der Waals surface area contributed by atoms with Crippen molar-refractivity contribution in [3.05, 3.63) is 52.0 Å². The zero-order valence-electron chi connectivity index (χ0n) is 14.3. The molecular formula is C19H25N3OS. The van der Waals surface area contributed by atoms with Crippen LogP contribution in [0.4, 0.5) is 0 Å². The Morgan fingerprint density at radius 1 is 1.17 bits per heavy atom. The van der Waals surface area contributed by atoms with Gasteiger partial charge in [0.2, 0.25) is 0 Å². The predicted molar refractivity (Wildman–Crippen MR) is 98.6 cm³/mol. The number of hydrogen-bond acceptors (Lipinski definition) is 4. The van der Waals surface area contributed by atoms with Crippen molar-refractivity contribution in [3.63, 3.8) is 0 Å². The minimum atomic E-state index is 0.154. The number of nitrogens with zero attached hydrogens (tertiary/aromatic N) is 3. The fourth-order valence-corrected chi connectivity index (χ4v) is 3.97. The van der Waals surface area contributed by atoms with Gasteiger partial charge in [-0.05, 0) is 44.8 Å². The summed E-state index contributed by atoms with van der Waals surface area (Å²) in [5.41, 5.74) is 4.02. The minimum absolute atomic E-state index is 0.154. The molecule has 1 aliphatic rings. The van der Waals surface area contributed by atoms with Crippen LogP contribution in [0, 0.1) is 6.92 Å². The quantitative estimate of drug-likeness (QED) is 0.836. The van der Waals surface area contributed by atoms with Gasteiger partial charge in [0.1, 0.15) is 4.88 Å². The van der Waals surface area contributed by atoms with Gasteiger partial charge in [-0.3, -0.25) is 4.79 Å². The molecule has 0 bridgehead atoms. The zero-order valence-corrected chi connectivity index (χ0v) is 15.1. The highest BCUT2D eigenvalue weighted by Crippen LogP contribution is 2.16. The van der Waals surface area contributed by atoms with E-state index in [1.807, 2.05) is 11.8 Å². The van der Waals surface area contributed by atoms with E-state index in [2.05, 4.69) is 40.2 Å².